The lowest BCUT2D eigenvalue weighted by Crippen LogP contribution is -2.42. The molecule has 0 atom stereocenters. The topological polar surface area (TPSA) is 76.1 Å². The number of likely N-dealkylation sites (tertiary alicyclic amines) is 1. The molecule has 116 valence electrons. The van der Waals surface area contributed by atoms with Gasteiger partial charge >= 0.3 is 5.97 Å². The van der Waals surface area contributed by atoms with Crippen LogP contribution in [-0.4, -0.2) is 60.4 Å². The van der Waals surface area contributed by atoms with Gasteiger partial charge in [-0.3, -0.25) is 9.59 Å². The molecule has 1 rings (SSSR count). The van der Waals surface area contributed by atoms with Gasteiger partial charge in [-0.15, -0.1) is 0 Å². The molecule has 1 aliphatic heterocycles. The number of carbonyl (C=O) groups is 2. The number of amides is 1. The van der Waals surface area contributed by atoms with Gasteiger partial charge in [-0.2, -0.15) is 0 Å². The summed E-state index contributed by atoms with van der Waals surface area (Å²) < 4.78 is 10.8. The van der Waals surface area contributed by atoms with E-state index in [9.17, 15) is 9.59 Å². The van der Waals surface area contributed by atoms with Gasteiger partial charge in [0.05, 0.1) is 24.7 Å². The number of nitrogens with zero attached hydrogens (tertiary/aromatic N) is 1. The van der Waals surface area contributed by atoms with Crippen molar-refractivity contribution in [2.45, 2.75) is 39.2 Å². The predicted octanol–water partition coefficient (Wildman–Crippen LogP) is 1.14. The van der Waals surface area contributed by atoms with Crippen LogP contribution in [0.1, 0.15) is 33.6 Å². The molecule has 1 fully saturated rings. The third kappa shape index (κ3) is 6.34. The molecule has 0 aromatic carbocycles. The van der Waals surface area contributed by atoms with E-state index in [1.807, 2.05) is 20.8 Å². The van der Waals surface area contributed by atoms with Gasteiger partial charge in [0.25, 0.3) is 0 Å². The monoisotopic (exact) mass is 287 g/mol. The van der Waals surface area contributed by atoms with Crippen LogP contribution < -0.4 is 0 Å². The summed E-state index contributed by atoms with van der Waals surface area (Å²) in [5.74, 6) is -1.17. The minimum absolute atomic E-state index is 0.0330. The van der Waals surface area contributed by atoms with Crippen LogP contribution in [0, 0.1) is 5.92 Å². The van der Waals surface area contributed by atoms with E-state index in [-0.39, 0.29) is 24.0 Å². The van der Waals surface area contributed by atoms with E-state index in [0.29, 0.717) is 39.1 Å². The van der Waals surface area contributed by atoms with Gasteiger partial charge in [-0.1, -0.05) is 0 Å². The second-order valence-corrected chi connectivity index (χ2v) is 6.01. The van der Waals surface area contributed by atoms with Crippen LogP contribution in [0.4, 0.5) is 0 Å². The molecular formula is C14H25NO5. The van der Waals surface area contributed by atoms with E-state index in [2.05, 4.69) is 0 Å². The number of carboxylic acid groups (broad SMARTS) is 1. The minimum atomic E-state index is -0.771. The summed E-state index contributed by atoms with van der Waals surface area (Å²) in [5, 5.41) is 8.89. The van der Waals surface area contributed by atoms with Crippen molar-refractivity contribution in [1.82, 2.24) is 4.90 Å². The summed E-state index contributed by atoms with van der Waals surface area (Å²) >= 11 is 0. The summed E-state index contributed by atoms with van der Waals surface area (Å²) in [6, 6.07) is 0. The van der Waals surface area contributed by atoms with Crippen molar-refractivity contribution in [3.63, 3.8) is 0 Å². The second kappa shape index (κ2) is 7.59. The van der Waals surface area contributed by atoms with E-state index in [1.165, 1.54) is 0 Å². The quantitative estimate of drug-likeness (QED) is 0.741. The van der Waals surface area contributed by atoms with Gasteiger partial charge < -0.3 is 19.5 Å². The first kappa shape index (κ1) is 16.9. The molecule has 0 aromatic rings. The van der Waals surface area contributed by atoms with Crippen molar-refractivity contribution < 1.29 is 24.2 Å². The molecule has 0 spiro atoms. The molecular weight excluding hydrogens is 262 g/mol. The molecule has 0 aromatic heterocycles. The minimum Gasteiger partial charge on any atom is -0.481 e. The Hall–Kier alpha value is -1.14. The van der Waals surface area contributed by atoms with E-state index in [0.717, 1.165) is 0 Å². The number of carboxylic acids is 1. The largest absolute Gasteiger partial charge is 0.481 e. The molecule has 6 heteroatoms. The van der Waals surface area contributed by atoms with E-state index in [1.54, 1.807) is 4.90 Å². The maximum absolute atomic E-state index is 11.8. The zero-order valence-corrected chi connectivity index (χ0v) is 12.6. The summed E-state index contributed by atoms with van der Waals surface area (Å²) in [5.41, 5.74) is -0.202. The number of ether oxygens (including phenoxy) is 2. The van der Waals surface area contributed by atoms with Gasteiger partial charge in [0, 0.05) is 13.1 Å². The molecule has 1 N–H and O–H groups in total. The maximum Gasteiger partial charge on any atom is 0.306 e. The van der Waals surface area contributed by atoms with Crippen LogP contribution in [0.25, 0.3) is 0 Å². The van der Waals surface area contributed by atoms with Crippen molar-refractivity contribution in [2.24, 2.45) is 5.92 Å². The zero-order valence-electron chi connectivity index (χ0n) is 12.6. The van der Waals surface area contributed by atoms with Gasteiger partial charge in [0.2, 0.25) is 5.91 Å². The Kier molecular flexibility index (Phi) is 6.42. The average Bonchev–Trinajstić information content (AvgIpc) is 2.37. The lowest BCUT2D eigenvalue weighted by Gasteiger charge is -2.30. The molecule has 20 heavy (non-hydrogen) atoms. The van der Waals surface area contributed by atoms with E-state index < -0.39 is 5.97 Å². The summed E-state index contributed by atoms with van der Waals surface area (Å²) in [7, 11) is 0. The molecule has 1 amide bonds. The number of aliphatic carboxylic acids is 1. The van der Waals surface area contributed by atoms with Crippen molar-refractivity contribution in [3.8, 4) is 0 Å². The highest BCUT2D eigenvalue weighted by molar-refractivity contribution is 5.78. The first-order valence-corrected chi connectivity index (χ1v) is 7.02. The molecule has 0 aliphatic carbocycles. The normalized spacial score (nSPS) is 17.2. The first-order chi connectivity index (χ1) is 9.29. The Morgan fingerprint density at radius 2 is 1.80 bits per heavy atom. The fourth-order valence-corrected chi connectivity index (χ4v) is 2.03. The zero-order chi connectivity index (χ0) is 15.2. The van der Waals surface area contributed by atoms with Crippen molar-refractivity contribution in [2.75, 3.05) is 32.9 Å². The average molecular weight is 287 g/mol. The maximum atomic E-state index is 11.8. The molecule has 6 nitrogen and oxygen atoms in total. The molecule has 0 saturated carbocycles. The van der Waals surface area contributed by atoms with E-state index >= 15 is 0 Å². The van der Waals surface area contributed by atoms with E-state index in [4.69, 9.17) is 14.6 Å². The first-order valence-electron chi connectivity index (χ1n) is 7.02. The molecule has 1 aliphatic rings. The molecule has 1 heterocycles. The Morgan fingerprint density at radius 3 is 2.30 bits per heavy atom. The Balaban J connectivity index is 2.13. The fourth-order valence-electron chi connectivity index (χ4n) is 2.03. The van der Waals surface area contributed by atoms with Crippen LogP contribution >= 0.6 is 0 Å². The van der Waals surface area contributed by atoms with Crippen LogP contribution in [0.2, 0.25) is 0 Å². The van der Waals surface area contributed by atoms with Gasteiger partial charge in [-0.25, -0.2) is 0 Å². The number of piperidine rings is 1. The highest BCUT2D eigenvalue weighted by atomic mass is 16.5. The molecule has 0 unspecified atom stereocenters. The van der Waals surface area contributed by atoms with Crippen LogP contribution in [0.15, 0.2) is 0 Å². The van der Waals surface area contributed by atoms with Crippen LogP contribution in [0.5, 0.6) is 0 Å². The summed E-state index contributed by atoms with van der Waals surface area (Å²) in [6.07, 6.45) is 1.04. The van der Waals surface area contributed by atoms with Crippen molar-refractivity contribution in [1.29, 1.82) is 0 Å². The number of hydrogen-bond donors (Lipinski definition) is 1. The lowest BCUT2D eigenvalue weighted by atomic mass is 9.97. The fraction of sp³-hybridized carbons (Fsp3) is 0.857. The van der Waals surface area contributed by atoms with Gasteiger partial charge in [0.15, 0.2) is 0 Å². The third-order valence-corrected chi connectivity index (χ3v) is 3.19. The number of rotatable bonds is 6. The highest BCUT2D eigenvalue weighted by Crippen LogP contribution is 2.17. The predicted molar refractivity (Wildman–Crippen MR) is 73.5 cm³/mol. The molecule has 0 radical (unpaired) electrons. The van der Waals surface area contributed by atoms with Gasteiger partial charge in [0.1, 0.15) is 6.61 Å². The Bertz CT molecular complexity index is 329. The third-order valence-electron chi connectivity index (χ3n) is 3.19. The standard InChI is InChI=1S/C14H25NO5/c1-14(2,3)20-9-8-19-10-12(16)15-6-4-11(5-7-15)13(17)18/h11H,4-10H2,1-3H3,(H,17,18). The SMILES string of the molecule is CC(C)(C)OCCOCC(=O)N1CCC(C(=O)O)CC1. The number of carbonyl (C=O) groups excluding carboxylic acids is 1. The molecule has 1 saturated heterocycles. The molecule has 0 bridgehead atoms. The van der Waals surface area contributed by atoms with Crippen molar-refractivity contribution >= 4 is 11.9 Å². The van der Waals surface area contributed by atoms with Crippen molar-refractivity contribution in [3.05, 3.63) is 0 Å². The summed E-state index contributed by atoms with van der Waals surface area (Å²) in [6.45, 7) is 7.76. The lowest BCUT2D eigenvalue weighted by molar-refractivity contribution is -0.147. The van der Waals surface area contributed by atoms with Gasteiger partial charge in [-0.05, 0) is 33.6 Å². The Morgan fingerprint density at radius 1 is 1.20 bits per heavy atom. The Labute approximate surface area is 120 Å². The van der Waals surface area contributed by atoms with Crippen LogP contribution in [0.3, 0.4) is 0 Å². The second-order valence-electron chi connectivity index (χ2n) is 6.01. The summed E-state index contributed by atoms with van der Waals surface area (Å²) in [4.78, 5) is 24.3. The van der Waals surface area contributed by atoms with Crippen LogP contribution in [-0.2, 0) is 19.1 Å². The number of hydrogen-bond acceptors (Lipinski definition) is 4. The smallest absolute Gasteiger partial charge is 0.306 e. The highest BCUT2D eigenvalue weighted by Gasteiger charge is 2.26.